The van der Waals surface area contributed by atoms with Crippen molar-refractivity contribution in [1.82, 2.24) is 14.5 Å². The molecule has 1 amide bonds. The quantitative estimate of drug-likeness (QED) is 0.721. The number of ether oxygens (including phenoxy) is 1. The van der Waals surface area contributed by atoms with Crippen LogP contribution < -0.4 is 4.74 Å². The van der Waals surface area contributed by atoms with Gasteiger partial charge in [-0.15, -0.1) is 0 Å². The maximum absolute atomic E-state index is 13.1. The number of carbonyl (C=O) groups is 1. The van der Waals surface area contributed by atoms with Crippen LogP contribution in [-0.4, -0.2) is 45.2 Å². The van der Waals surface area contributed by atoms with Crippen LogP contribution in [0.4, 0.5) is 13.2 Å². The molecule has 0 bridgehead atoms. The lowest BCUT2D eigenvalue weighted by Gasteiger charge is -2.34. The molecule has 0 aliphatic carbocycles. The molecule has 1 aliphatic heterocycles. The first-order chi connectivity index (χ1) is 14.2. The summed E-state index contributed by atoms with van der Waals surface area (Å²) in [5.74, 6) is 0.0269. The van der Waals surface area contributed by atoms with Crippen molar-refractivity contribution in [1.29, 1.82) is 0 Å². The number of alkyl halides is 3. The lowest BCUT2D eigenvalue weighted by atomic mass is 9.90. The van der Waals surface area contributed by atoms with E-state index in [0.29, 0.717) is 31.8 Å². The zero-order valence-corrected chi connectivity index (χ0v) is 16.6. The van der Waals surface area contributed by atoms with E-state index in [4.69, 9.17) is 4.74 Å². The molecule has 0 spiro atoms. The molecule has 1 atom stereocenters. The SMILES string of the molecule is C=CCOc1ccc(C(F)(F)F)cc1C(=O)N1CCC(C(O)c2nccn2C)CC1. The Labute approximate surface area is 172 Å². The van der Waals surface area contributed by atoms with Crippen molar-refractivity contribution in [3.63, 3.8) is 0 Å². The summed E-state index contributed by atoms with van der Waals surface area (Å²) >= 11 is 0. The van der Waals surface area contributed by atoms with Gasteiger partial charge in [-0.3, -0.25) is 4.79 Å². The molecule has 1 N–H and O–H groups in total. The summed E-state index contributed by atoms with van der Waals surface area (Å²) < 4.78 is 46.6. The van der Waals surface area contributed by atoms with Crippen LogP contribution in [0.15, 0.2) is 43.2 Å². The van der Waals surface area contributed by atoms with Gasteiger partial charge in [-0.05, 0) is 37.0 Å². The molecule has 0 radical (unpaired) electrons. The molecule has 1 aromatic heterocycles. The number of imidazole rings is 1. The molecule has 2 aromatic rings. The molecule has 6 nitrogen and oxygen atoms in total. The van der Waals surface area contributed by atoms with Crippen LogP contribution in [0.2, 0.25) is 0 Å². The molecule has 162 valence electrons. The minimum absolute atomic E-state index is 0.0730. The van der Waals surface area contributed by atoms with Crippen LogP contribution in [0.3, 0.4) is 0 Å². The van der Waals surface area contributed by atoms with Crippen molar-refractivity contribution in [3.8, 4) is 5.75 Å². The van der Waals surface area contributed by atoms with Crippen molar-refractivity contribution in [2.24, 2.45) is 13.0 Å². The molecule has 9 heteroatoms. The molecular weight excluding hydrogens is 399 g/mol. The number of carbonyl (C=O) groups excluding carboxylic acids is 1. The van der Waals surface area contributed by atoms with E-state index in [9.17, 15) is 23.1 Å². The van der Waals surface area contributed by atoms with Crippen LogP contribution >= 0.6 is 0 Å². The summed E-state index contributed by atoms with van der Waals surface area (Å²) in [5.41, 5.74) is -1.04. The highest BCUT2D eigenvalue weighted by molar-refractivity contribution is 5.97. The highest BCUT2D eigenvalue weighted by atomic mass is 19.4. The molecule has 3 rings (SSSR count). The number of amides is 1. The summed E-state index contributed by atoms with van der Waals surface area (Å²) in [7, 11) is 1.79. The van der Waals surface area contributed by atoms with Gasteiger partial charge in [0, 0.05) is 32.5 Å². The number of aryl methyl sites for hydroxylation is 1. The van der Waals surface area contributed by atoms with Crippen LogP contribution in [-0.2, 0) is 13.2 Å². The van der Waals surface area contributed by atoms with E-state index in [1.54, 1.807) is 24.0 Å². The molecule has 2 heterocycles. The zero-order chi connectivity index (χ0) is 21.9. The van der Waals surface area contributed by atoms with Crippen molar-refractivity contribution >= 4 is 5.91 Å². The van der Waals surface area contributed by atoms with E-state index in [1.165, 1.54) is 11.0 Å². The van der Waals surface area contributed by atoms with Gasteiger partial charge >= 0.3 is 6.18 Å². The number of piperidine rings is 1. The molecule has 1 aromatic carbocycles. The van der Waals surface area contributed by atoms with Crippen molar-refractivity contribution in [3.05, 3.63) is 60.2 Å². The number of likely N-dealkylation sites (tertiary alicyclic amines) is 1. The smallest absolute Gasteiger partial charge is 0.416 e. The fourth-order valence-electron chi connectivity index (χ4n) is 3.61. The maximum Gasteiger partial charge on any atom is 0.416 e. The summed E-state index contributed by atoms with van der Waals surface area (Å²) in [6.45, 7) is 4.23. The summed E-state index contributed by atoms with van der Waals surface area (Å²) in [6.07, 6.45) is 0.512. The monoisotopic (exact) mass is 423 g/mol. The number of aliphatic hydroxyl groups excluding tert-OH is 1. The molecule has 1 fully saturated rings. The number of aromatic nitrogens is 2. The number of hydrogen-bond acceptors (Lipinski definition) is 4. The van der Waals surface area contributed by atoms with Gasteiger partial charge in [-0.1, -0.05) is 12.7 Å². The third kappa shape index (κ3) is 4.67. The first-order valence-corrected chi connectivity index (χ1v) is 9.62. The Morgan fingerprint density at radius 2 is 2.10 bits per heavy atom. The lowest BCUT2D eigenvalue weighted by Crippen LogP contribution is -2.40. The Morgan fingerprint density at radius 3 is 2.67 bits per heavy atom. The normalized spacial score (nSPS) is 16.4. The van der Waals surface area contributed by atoms with E-state index in [2.05, 4.69) is 11.6 Å². The van der Waals surface area contributed by atoms with E-state index >= 15 is 0 Å². The highest BCUT2D eigenvalue weighted by Crippen LogP contribution is 2.35. The van der Waals surface area contributed by atoms with Crippen LogP contribution in [0.5, 0.6) is 5.75 Å². The second-order valence-corrected chi connectivity index (χ2v) is 7.28. The van der Waals surface area contributed by atoms with Gasteiger partial charge in [-0.25, -0.2) is 4.98 Å². The van der Waals surface area contributed by atoms with Gasteiger partial charge in [0.2, 0.25) is 0 Å². The third-order valence-electron chi connectivity index (χ3n) is 5.29. The topological polar surface area (TPSA) is 67.6 Å². The average molecular weight is 423 g/mol. The fraction of sp³-hybridized carbons (Fsp3) is 0.429. The number of aliphatic hydroxyl groups is 1. The van der Waals surface area contributed by atoms with Gasteiger partial charge in [0.05, 0.1) is 11.1 Å². The first-order valence-electron chi connectivity index (χ1n) is 9.62. The standard InChI is InChI=1S/C21H24F3N3O3/c1-3-12-30-17-5-4-15(21(22,23)24)13-16(17)20(29)27-9-6-14(7-10-27)18(28)19-25-8-11-26(19)2/h3-5,8,11,13-14,18,28H,1,6-7,9-10,12H2,2H3. The lowest BCUT2D eigenvalue weighted by molar-refractivity contribution is -0.137. The Hall–Kier alpha value is -2.81. The molecular formula is C21H24F3N3O3. The number of nitrogens with zero attached hydrogens (tertiary/aromatic N) is 3. The van der Waals surface area contributed by atoms with Gasteiger partial charge in [0.25, 0.3) is 5.91 Å². The van der Waals surface area contributed by atoms with Crippen molar-refractivity contribution in [2.75, 3.05) is 19.7 Å². The molecule has 1 saturated heterocycles. The molecule has 1 aliphatic rings. The average Bonchev–Trinajstić information content (AvgIpc) is 3.16. The van der Waals surface area contributed by atoms with Crippen LogP contribution in [0.1, 0.15) is 40.7 Å². The van der Waals surface area contributed by atoms with Crippen molar-refractivity contribution in [2.45, 2.75) is 25.1 Å². The molecule has 30 heavy (non-hydrogen) atoms. The Bertz CT molecular complexity index is 902. The van der Waals surface area contributed by atoms with Crippen LogP contribution in [0.25, 0.3) is 0 Å². The highest BCUT2D eigenvalue weighted by Gasteiger charge is 2.34. The molecule has 0 saturated carbocycles. The summed E-state index contributed by atoms with van der Waals surface area (Å²) in [4.78, 5) is 18.7. The minimum Gasteiger partial charge on any atom is -0.489 e. The van der Waals surface area contributed by atoms with E-state index in [0.717, 1.165) is 18.2 Å². The molecule has 1 unspecified atom stereocenters. The van der Waals surface area contributed by atoms with Crippen LogP contribution in [0, 0.1) is 5.92 Å². The number of rotatable bonds is 6. The third-order valence-corrected chi connectivity index (χ3v) is 5.29. The number of hydrogen-bond donors (Lipinski definition) is 1. The predicted octanol–water partition coefficient (Wildman–Crippen LogP) is 3.59. The first kappa shape index (κ1) is 21.9. The van der Waals surface area contributed by atoms with E-state index < -0.39 is 23.8 Å². The van der Waals surface area contributed by atoms with E-state index in [1.807, 2.05) is 0 Å². The van der Waals surface area contributed by atoms with Crippen molar-refractivity contribution < 1.29 is 27.8 Å². The van der Waals surface area contributed by atoms with Gasteiger partial charge in [0.15, 0.2) is 0 Å². The second-order valence-electron chi connectivity index (χ2n) is 7.28. The van der Waals surface area contributed by atoms with Gasteiger partial charge < -0.3 is 19.3 Å². The number of halogens is 3. The summed E-state index contributed by atoms with van der Waals surface area (Å²) in [5, 5.41) is 10.6. The Morgan fingerprint density at radius 1 is 1.40 bits per heavy atom. The minimum atomic E-state index is -4.56. The van der Waals surface area contributed by atoms with Gasteiger partial charge in [-0.2, -0.15) is 13.2 Å². The van der Waals surface area contributed by atoms with E-state index in [-0.39, 0.29) is 23.8 Å². The predicted molar refractivity (Wildman–Crippen MR) is 104 cm³/mol. The zero-order valence-electron chi connectivity index (χ0n) is 16.6. The Balaban J connectivity index is 1.75. The van der Waals surface area contributed by atoms with Gasteiger partial charge in [0.1, 0.15) is 24.3 Å². The maximum atomic E-state index is 13.1. The largest absolute Gasteiger partial charge is 0.489 e. The Kier molecular flexibility index (Phi) is 6.50. The second kappa shape index (κ2) is 8.91. The fourth-order valence-corrected chi connectivity index (χ4v) is 3.61. The summed E-state index contributed by atoms with van der Waals surface area (Å²) in [6, 6.07) is 2.89. The number of benzene rings is 1.